The quantitative estimate of drug-likeness (QED) is 0.315. The van der Waals surface area contributed by atoms with E-state index in [4.69, 9.17) is 18.8 Å². The van der Waals surface area contributed by atoms with Crippen LogP contribution < -0.4 is 4.74 Å². The van der Waals surface area contributed by atoms with Crippen molar-refractivity contribution in [3.63, 3.8) is 0 Å². The summed E-state index contributed by atoms with van der Waals surface area (Å²) in [6, 6.07) is 13.3. The van der Waals surface area contributed by atoms with Gasteiger partial charge in [-0.3, -0.25) is 14.2 Å². The summed E-state index contributed by atoms with van der Waals surface area (Å²) >= 11 is 0. The summed E-state index contributed by atoms with van der Waals surface area (Å²) in [5.41, 5.74) is 1.95. The van der Waals surface area contributed by atoms with E-state index < -0.39 is 22.1 Å². The molecule has 0 unspecified atom stereocenters. The van der Waals surface area contributed by atoms with Gasteiger partial charge in [0.05, 0.1) is 24.7 Å². The van der Waals surface area contributed by atoms with Crippen LogP contribution in [0.1, 0.15) is 50.7 Å². The number of benzene rings is 2. The lowest BCUT2D eigenvalue weighted by atomic mass is 9.94. The van der Waals surface area contributed by atoms with E-state index in [-0.39, 0.29) is 29.9 Å². The number of rotatable bonds is 8. The molecule has 1 fully saturated rings. The second kappa shape index (κ2) is 14.1. The van der Waals surface area contributed by atoms with Gasteiger partial charge in [0.2, 0.25) is 0 Å². The Kier molecular flexibility index (Phi) is 11.5. The fourth-order valence-corrected chi connectivity index (χ4v) is 3.96. The summed E-state index contributed by atoms with van der Waals surface area (Å²) in [5, 5.41) is 0. The van der Waals surface area contributed by atoms with Crippen LogP contribution in [0.3, 0.4) is 0 Å². The number of ether oxygens (including phenoxy) is 3. The van der Waals surface area contributed by atoms with Crippen LogP contribution in [0.15, 0.2) is 53.4 Å². The fourth-order valence-electron chi connectivity index (χ4n) is 3.46. The first kappa shape index (κ1) is 29.4. The topological polar surface area (TPSA) is 119 Å². The van der Waals surface area contributed by atoms with Crippen molar-refractivity contribution in [3.8, 4) is 5.75 Å². The van der Waals surface area contributed by atoms with Crippen LogP contribution in [-0.4, -0.2) is 69.3 Å². The van der Waals surface area contributed by atoms with Crippen molar-refractivity contribution in [1.29, 1.82) is 0 Å². The predicted molar refractivity (Wildman–Crippen MR) is 135 cm³/mol. The van der Waals surface area contributed by atoms with Gasteiger partial charge in [-0.15, -0.1) is 0 Å². The van der Waals surface area contributed by atoms with Gasteiger partial charge in [-0.25, -0.2) is 4.79 Å². The monoisotopic (exact) mass is 521 g/mol. The number of carbonyl (C=O) groups excluding carboxylic acids is 2. The van der Waals surface area contributed by atoms with Crippen molar-refractivity contribution in [2.24, 2.45) is 0 Å². The zero-order valence-electron chi connectivity index (χ0n) is 21.2. The van der Waals surface area contributed by atoms with Gasteiger partial charge in [-0.2, -0.15) is 8.42 Å². The molecule has 0 amide bonds. The molecule has 10 heteroatoms. The maximum absolute atomic E-state index is 12.2. The molecular weight excluding hydrogens is 486 g/mol. The molecule has 0 spiro atoms. The normalized spacial score (nSPS) is 14.2. The van der Waals surface area contributed by atoms with Crippen molar-refractivity contribution in [1.82, 2.24) is 4.90 Å². The molecule has 0 aromatic heterocycles. The minimum Gasteiger partial charge on any atom is -0.453 e. The minimum atomic E-state index is -4.00. The highest BCUT2D eigenvalue weighted by atomic mass is 32.2. The SMILES string of the molecule is CC(C)c1cccc(C(C)C)c1OC(=O)COC(=O)CN1CCOCC1.O=S(=O)(O)c1ccccc1. The maximum atomic E-state index is 12.2. The molecule has 0 saturated carbocycles. The first-order chi connectivity index (χ1) is 17.0. The summed E-state index contributed by atoms with van der Waals surface area (Å²) < 4.78 is 45.2. The summed E-state index contributed by atoms with van der Waals surface area (Å²) in [7, 11) is -4.00. The van der Waals surface area contributed by atoms with E-state index >= 15 is 0 Å². The molecule has 3 rings (SSSR count). The molecule has 1 saturated heterocycles. The van der Waals surface area contributed by atoms with E-state index in [2.05, 4.69) is 27.7 Å². The third kappa shape index (κ3) is 9.69. The largest absolute Gasteiger partial charge is 0.453 e. The Morgan fingerprint density at radius 3 is 1.94 bits per heavy atom. The molecule has 1 aliphatic heterocycles. The van der Waals surface area contributed by atoms with Crippen LogP contribution in [0.5, 0.6) is 5.75 Å². The lowest BCUT2D eigenvalue weighted by molar-refractivity contribution is -0.155. The Bertz CT molecular complexity index is 1070. The molecule has 0 aliphatic carbocycles. The third-order valence-corrected chi connectivity index (χ3v) is 6.25. The summed E-state index contributed by atoms with van der Waals surface area (Å²) in [5.74, 6) is 0.0490. The Hall–Kier alpha value is -2.79. The average molecular weight is 522 g/mol. The van der Waals surface area contributed by atoms with Crippen LogP contribution in [0.25, 0.3) is 0 Å². The van der Waals surface area contributed by atoms with E-state index in [0.717, 1.165) is 11.1 Å². The molecule has 1 aliphatic rings. The standard InChI is InChI=1S/C20H29NO5.C6H6O3S/c1-14(2)16-6-5-7-17(15(3)4)20(16)26-19(23)13-25-18(22)12-21-8-10-24-11-9-21;7-10(8,9)6-4-2-1-3-5-6/h5-7,14-15H,8-13H2,1-4H3;1-5H,(H,7,8,9). The van der Waals surface area contributed by atoms with Gasteiger partial charge < -0.3 is 14.2 Å². The van der Waals surface area contributed by atoms with E-state index in [1.54, 1.807) is 18.2 Å². The summed E-state index contributed by atoms with van der Waals surface area (Å²) in [6.45, 7) is 10.6. The first-order valence-electron chi connectivity index (χ1n) is 11.8. The smallest absolute Gasteiger partial charge is 0.349 e. The molecule has 0 atom stereocenters. The van der Waals surface area contributed by atoms with E-state index in [1.165, 1.54) is 12.1 Å². The van der Waals surface area contributed by atoms with Crippen LogP contribution in [0.4, 0.5) is 0 Å². The van der Waals surface area contributed by atoms with Crippen molar-refractivity contribution in [2.45, 2.75) is 44.4 Å². The van der Waals surface area contributed by atoms with Crippen molar-refractivity contribution in [2.75, 3.05) is 39.5 Å². The van der Waals surface area contributed by atoms with Gasteiger partial charge in [-0.1, -0.05) is 64.1 Å². The number of carbonyl (C=O) groups is 2. The highest BCUT2D eigenvalue weighted by Crippen LogP contribution is 2.34. The van der Waals surface area contributed by atoms with Gasteiger partial charge in [0.15, 0.2) is 6.61 Å². The molecule has 2 aromatic carbocycles. The van der Waals surface area contributed by atoms with Gasteiger partial charge in [0.25, 0.3) is 10.1 Å². The van der Waals surface area contributed by atoms with Crippen LogP contribution in [0.2, 0.25) is 0 Å². The molecule has 2 aromatic rings. The number of hydrogen-bond acceptors (Lipinski definition) is 8. The van der Waals surface area contributed by atoms with Crippen molar-refractivity contribution >= 4 is 22.1 Å². The second-order valence-corrected chi connectivity index (χ2v) is 10.3. The lowest BCUT2D eigenvalue weighted by Crippen LogP contribution is -2.40. The fraction of sp³-hybridized carbons (Fsp3) is 0.462. The number of morpholine rings is 1. The first-order valence-corrected chi connectivity index (χ1v) is 13.2. The molecule has 198 valence electrons. The number of nitrogens with zero attached hydrogens (tertiary/aromatic N) is 1. The van der Waals surface area contributed by atoms with Crippen LogP contribution in [0, 0.1) is 0 Å². The molecule has 36 heavy (non-hydrogen) atoms. The van der Waals surface area contributed by atoms with Gasteiger partial charge in [0.1, 0.15) is 5.75 Å². The van der Waals surface area contributed by atoms with Crippen molar-refractivity contribution < 1.29 is 36.8 Å². The Labute approximate surface area is 213 Å². The van der Waals surface area contributed by atoms with Crippen LogP contribution in [-0.2, 0) is 29.2 Å². The van der Waals surface area contributed by atoms with E-state index in [0.29, 0.717) is 32.1 Å². The van der Waals surface area contributed by atoms with Gasteiger partial charge >= 0.3 is 11.9 Å². The number of esters is 2. The van der Waals surface area contributed by atoms with Crippen LogP contribution >= 0.6 is 0 Å². The third-order valence-electron chi connectivity index (χ3n) is 5.38. The highest BCUT2D eigenvalue weighted by Gasteiger charge is 2.20. The molecule has 9 nitrogen and oxygen atoms in total. The number of hydrogen-bond donors (Lipinski definition) is 1. The van der Waals surface area contributed by atoms with Gasteiger partial charge in [0, 0.05) is 13.1 Å². The Balaban J connectivity index is 0.000000380. The van der Waals surface area contributed by atoms with E-state index in [1.807, 2.05) is 23.1 Å². The molecular formula is C26H35NO8S. The predicted octanol–water partition coefficient (Wildman–Crippen LogP) is 3.65. The second-order valence-electron chi connectivity index (χ2n) is 8.89. The molecule has 1 N–H and O–H groups in total. The summed E-state index contributed by atoms with van der Waals surface area (Å²) in [6.07, 6.45) is 0. The number of para-hydroxylation sites is 1. The maximum Gasteiger partial charge on any atom is 0.349 e. The molecule has 1 heterocycles. The highest BCUT2D eigenvalue weighted by molar-refractivity contribution is 7.85. The minimum absolute atomic E-state index is 0.0741. The molecule has 0 radical (unpaired) electrons. The van der Waals surface area contributed by atoms with Gasteiger partial charge in [-0.05, 0) is 35.1 Å². The Morgan fingerprint density at radius 2 is 1.47 bits per heavy atom. The zero-order valence-corrected chi connectivity index (χ0v) is 22.0. The van der Waals surface area contributed by atoms with E-state index in [9.17, 15) is 18.0 Å². The van der Waals surface area contributed by atoms with Crippen molar-refractivity contribution in [3.05, 3.63) is 59.7 Å². The Morgan fingerprint density at radius 1 is 0.917 bits per heavy atom. The average Bonchev–Trinajstić information content (AvgIpc) is 2.83. The zero-order chi connectivity index (χ0) is 26.7. The lowest BCUT2D eigenvalue weighted by Gasteiger charge is -2.25. The molecule has 0 bridgehead atoms. The summed E-state index contributed by atoms with van der Waals surface area (Å²) in [4.78, 5) is 26.0.